The highest BCUT2D eigenvalue weighted by atomic mass is 16.5. The van der Waals surface area contributed by atoms with Gasteiger partial charge in [-0.2, -0.15) is 0 Å². The molecule has 0 N–H and O–H groups in total. The molecule has 0 saturated carbocycles. The fourth-order valence-corrected chi connectivity index (χ4v) is 2.65. The van der Waals surface area contributed by atoms with Crippen molar-refractivity contribution in [3.05, 3.63) is 23.8 Å². The molecule has 1 heterocycles. The molecule has 0 spiro atoms. The van der Waals surface area contributed by atoms with Crippen molar-refractivity contribution in [2.24, 2.45) is 5.92 Å². The van der Waals surface area contributed by atoms with Gasteiger partial charge in [-0.3, -0.25) is 4.79 Å². The zero-order valence-corrected chi connectivity index (χ0v) is 12.5. The topological polar surface area (TPSA) is 38.8 Å². The molecular formula is C16H23NO3. The van der Waals surface area contributed by atoms with Crippen LogP contribution in [-0.4, -0.2) is 44.5 Å². The van der Waals surface area contributed by atoms with Gasteiger partial charge in [-0.1, -0.05) is 0 Å². The summed E-state index contributed by atoms with van der Waals surface area (Å²) >= 11 is 0. The second-order valence-electron chi connectivity index (χ2n) is 5.49. The molecular weight excluding hydrogens is 254 g/mol. The van der Waals surface area contributed by atoms with E-state index in [9.17, 15) is 4.79 Å². The average Bonchev–Trinajstić information content (AvgIpc) is 2.48. The normalized spacial score (nSPS) is 18.6. The number of carbonyl (C=O) groups excluding carboxylic acids is 1. The minimum Gasteiger partial charge on any atom is -0.493 e. The van der Waals surface area contributed by atoms with Gasteiger partial charge in [0.25, 0.3) is 0 Å². The summed E-state index contributed by atoms with van der Waals surface area (Å²) in [5.74, 6) is 1.90. The van der Waals surface area contributed by atoms with Crippen LogP contribution in [-0.2, 0) is 0 Å². The van der Waals surface area contributed by atoms with E-state index in [1.807, 2.05) is 6.07 Å². The first-order chi connectivity index (χ1) is 9.63. The van der Waals surface area contributed by atoms with Crippen LogP contribution in [0.4, 0.5) is 0 Å². The molecule has 2 rings (SSSR count). The zero-order valence-electron chi connectivity index (χ0n) is 12.5. The molecule has 1 aliphatic heterocycles. The van der Waals surface area contributed by atoms with Crippen molar-refractivity contribution in [2.45, 2.75) is 25.9 Å². The minimum absolute atomic E-state index is 0.152. The molecule has 0 radical (unpaired) electrons. The van der Waals surface area contributed by atoms with E-state index in [-0.39, 0.29) is 6.10 Å². The number of hydrogen-bond donors (Lipinski definition) is 0. The minimum atomic E-state index is 0.152. The van der Waals surface area contributed by atoms with Gasteiger partial charge in [0, 0.05) is 5.56 Å². The monoisotopic (exact) mass is 277 g/mol. The summed E-state index contributed by atoms with van der Waals surface area (Å²) in [6, 6.07) is 5.28. The van der Waals surface area contributed by atoms with Gasteiger partial charge in [0.2, 0.25) is 0 Å². The van der Waals surface area contributed by atoms with Gasteiger partial charge in [0.1, 0.15) is 6.29 Å². The maximum absolute atomic E-state index is 10.8. The van der Waals surface area contributed by atoms with E-state index in [1.54, 1.807) is 19.2 Å². The van der Waals surface area contributed by atoms with Crippen molar-refractivity contribution in [3.8, 4) is 11.5 Å². The molecule has 1 saturated heterocycles. The van der Waals surface area contributed by atoms with Crippen LogP contribution in [0.2, 0.25) is 0 Å². The van der Waals surface area contributed by atoms with Gasteiger partial charge in [-0.25, -0.2) is 0 Å². The number of hydrogen-bond acceptors (Lipinski definition) is 4. The lowest BCUT2D eigenvalue weighted by molar-refractivity contribution is 0.0952. The molecule has 110 valence electrons. The standard InChI is InChI=1S/C16H23NO3/c1-12(14-6-8-17(2)9-7-14)20-15-5-4-13(11-18)10-16(15)19-3/h4-5,10-12,14H,6-9H2,1-3H3. The first kappa shape index (κ1) is 14.9. The molecule has 1 aromatic rings. The van der Waals surface area contributed by atoms with Crippen LogP contribution in [0.3, 0.4) is 0 Å². The van der Waals surface area contributed by atoms with Gasteiger partial charge >= 0.3 is 0 Å². The molecule has 4 nitrogen and oxygen atoms in total. The number of likely N-dealkylation sites (tertiary alicyclic amines) is 1. The van der Waals surface area contributed by atoms with E-state index < -0.39 is 0 Å². The predicted molar refractivity (Wildman–Crippen MR) is 78.7 cm³/mol. The Bertz CT molecular complexity index is 453. The van der Waals surface area contributed by atoms with E-state index in [0.29, 0.717) is 23.0 Å². The van der Waals surface area contributed by atoms with Gasteiger partial charge in [-0.05, 0) is 64.0 Å². The Morgan fingerprint density at radius 1 is 1.30 bits per heavy atom. The molecule has 0 aromatic heterocycles. The molecule has 1 unspecified atom stereocenters. The van der Waals surface area contributed by atoms with Crippen LogP contribution >= 0.6 is 0 Å². The van der Waals surface area contributed by atoms with Crippen LogP contribution in [0.25, 0.3) is 0 Å². The number of nitrogens with zero attached hydrogens (tertiary/aromatic N) is 1. The number of rotatable bonds is 5. The first-order valence-corrected chi connectivity index (χ1v) is 7.12. The van der Waals surface area contributed by atoms with E-state index in [1.165, 1.54) is 0 Å². The lowest BCUT2D eigenvalue weighted by Crippen LogP contribution is -2.36. The smallest absolute Gasteiger partial charge is 0.161 e. The lowest BCUT2D eigenvalue weighted by Gasteiger charge is -2.33. The average molecular weight is 277 g/mol. The van der Waals surface area contributed by atoms with Crippen LogP contribution in [0.1, 0.15) is 30.1 Å². The highest BCUT2D eigenvalue weighted by Crippen LogP contribution is 2.31. The summed E-state index contributed by atoms with van der Waals surface area (Å²) < 4.78 is 11.4. The highest BCUT2D eigenvalue weighted by molar-refractivity contribution is 5.76. The number of ether oxygens (including phenoxy) is 2. The Morgan fingerprint density at radius 3 is 2.60 bits per heavy atom. The number of piperidine rings is 1. The van der Waals surface area contributed by atoms with Crippen molar-refractivity contribution in [3.63, 3.8) is 0 Å². The van der Waals surface area contributed by atoms with Crippen LogP contribution in [0, 0.1) is 5.92 Å². The molecule has 20 heavy (non-hydrogen) atoms. The summed E-state index contributed by atoms with van der Waals surface area (Å²) in [6.45, 7) is 4.36. The maximum atomic E-state index is 10.8. The highest BCUT2D eigenvalue weighted by Gasteiger charge is 2.24. The third-order valence-electron chi connectivity index (χ3n) is 4.06. The summed E-state index contributed by atoms with van der Waals surface area (Å²) in [5.41, 5.74) is 0.598. The fraction of sp³-hybridized carbons (Fsp3) is 0.562. The van der Waals surface area contributed by atoms with Gasteiger partial charge in [0.05, 0.1) is 13.2 Å². The lowest BCUT2D eigenvalue weighted by atomic mass is 9.92. The summed E-state index contributed by atoms with van der Waals surface area (Å²) in [6.07, 6.45) is 3.28. The fourth-order valence-electron chi connectivity index (χ4n) is 2.65. The summed E-state index contributed by atoms with van der Waals surface area (Å²) in [7, 11) is 3.75. The largest absolute Gasteiger partial charge is 0.493 e. The van der Waals surface area contributed by atoms with E-state index in [2.05, 4.69) is 18.9 Å². The van der Waals surface area contributed by atoms with Crippen molar-refractivity contribution in [2.75, 3.05) is 27.2 Å². The number of carbonyl (C=O) groups is 1. The van der Waals surface area contributed by atoms with Crippen molar-refractivity contribution >= 4 is 6.29 Å². The third-order valence-corrected chi connectivity index (χ3v) is 4.06. The predicted octanol–water partition coefficient (Wildman–Crippen LogP) is 2.62. The Kier molecular flexibility index (Phi) is 5.01. The molecule has 1 aliphatic rings. The van der Waals surface area contributed by atoms with E-state index >= 15 is 0 Å². The second-order valence-corrected chi connectivity index (χ2v) is 5.49. The quantitative estimate of drug-likeness (QED) is 0.776. The van der Waals surface area contributed by atoms with Crippen molar-refractivity contribution in [1.29, 1.82) is 0 Å². The number of aldehydes is 1. The molecule has 1 fully saturated rings. The van der Waals surface area contributed by atoms with Gasteiger partial charge in [-0.15, -0.1) is 0 Å². The maximum Gasteiger partial charge on any atom is 0.161 e. The summed E-state index contributed by atoms with van der Waals surface area (Å²) in [5, 5.41) is 0. The molecule has 0 amide bonds. The van der Waals surface area contributed by atoms with E-state index in [4.69, 9.17) is 9.47 Å². The van der Waals surface area contributed by atoms with Crippen LogP contribution in [0.5, 0.6) is 11.5 Å². The Balaban J connectivity index is 2.03. The molecule has 1 aromatic carbocycles. The first-order valence-electron chi connectivity index (χ1n) is 7.12. The number of methoxy groups -OCH3 is 1. The Hall–Kier alpha value is -1.55. The molecule has 0 bridgehead atoms. The SMILES string of the molecule is COc1cc(C=O)ccc1OC(C)C1CCN(C)CC1. The van der Waals surface area contributed by atoms with Gasteiger partial charge in [0.15, 0.2) is 11.5 Å². The van der Waals surface area contributed by atoms with E-state index in [0.717, 1.165) is 32.2 Å². The van der Waals surface area contributed by atoms with Crippen molar-refractivity contribution < 1.29 is 14.3 Å². The number of benzene rings is 1. The van der Waals surface area contributed by atoms with Crippen LogP contribution in [0.15, 0.2) is 18.2 Å². The Labute approximate surface area is 120 Å². The zero-order chi connectivity index (χ0) is 14.5. The Morgan fingerprint density at radius 2 is 2.00 bits per heavy atom. The molecule has 1 atom stereocenters. The molecule has 4 heteroatoms. The second kappa shape index (κ2) is 6.75. The summed E-state index contributed by atoms with van der Waals surface area (Å²) in [4.78, 5) is 13.1. The van der Waals surface area contributed by atoms with Crippen LogP contribution < -0.4 is 9.47 Å². The molecule has 0 aliphatic carbocycles. The van der Waals surface area contributed by atoms with Gasteiger partial charge < -0.3 is 14.4 Å². The third kappa shape index (κ3) is 3.51. The van der Waals surface area contributed by atoms with Crippen molar-refractivity contribution in [1.82, 2.24) is 4.90 Å².